The normalized spacial score (nSPS) is 10.8. The molecule has 2 aromatic rings. The smallest absolute Gasteiger partial charge is 0.235 e. The molecular formula is C11H9N3O2. The molecule has 5 nitrogen and oxygen atoms in total. The minimum Gasteiger partial charge on any atom is -0.259 e. The molecule has 1 aromatic heterocycles. The maximum Gasteiger partial charge on any atom is 0.235 e. The predicted octanol–water partition coefficient (Wildman–Crippen LogP) is 2.12. The Labute approximate surface area is 91.8 Å². The van der Waals surface area contributed by atoms with Crippen LogP contribution < -0.4 is 0 Å². The van der Waals surface area contributed by atoms with Crippen molar-refractivity contribution in [2.45, 2.75) is 0 Å². The Balaban J connectivity index is 2.23. The molecule has 0 radical (unpaired) electrons. The molecule has 5 heteroatoms. The van der Waals surface area contributed by atoms with E-state index in [1.54, 1.807) is 17.1 Å². The van der Waals surface area contributed by atoms with Gasteiger partial charge in [-0.2, -0.15) is 5.10 Å². The molecule has 16 heavy (non-hydrogen) atoms. The summed E-state index contributed by atoms with van der Waals surface area (Å²) in [5.74, 6) is 0. The number of hydrogen-bond acceptors (Lipinski definition) is 3. The zero-order valence-electron chi connectivity index (χ0n) is 8.35. The second kappa shape index (κ2) is 4.39. The van der Waals surface area contributed by atoms with Crippen molar-refractivity contribution in [1.29, 1.82) is 0 Å². The van der Waals surface area contributed by atoms with Gasteiger partial charge >= 0.3 is 0 Å². The van der Waals surface area contributed by atoms with Crippen LogP contribution in [0.4, 0.5) is 0 Å². The predicted molar refractivity (Wildman–Crippen MR) is 59.6 cm³/mol. The maximum absolute atomic E-state index is 10.1. The summed E-state index contributed by atoms with van der Waals surface area (Å²) >= 11 is 0. The molecule has 0 aliphatic carbocycles. The Morgan fingerprint density at radius 1 is 1.31 bits per heavy atom. The fourth-order valence-corrected chi connectivity index (χ4v) is 1.29. The number of para-hydroxylation sites is 1. The first-order chi connectivity index (χ1) is 7.75. The van der Waals surface area contributed by atoms with Gasteiger partial charge in [-0.15, -0.1) is 0 Å². The van der Waals surface area contributed by atoms with Gasteiger partial charge in [0.05, 0.1) is 16.8 Å². The van der Waals surface area contributed by atoms with Gasteiger partial charge in [0, 0.05) is 17.8 Å². The Morgan fingerprint density at radius 3 is 2.75 bits per heavy atom. The largest absolute Gasteiger partial charge is 0.259 e. The molecule has 80 valence electrons. The third kappa shape index (κ3) is 2.33. The zero-order chi connectivity index (χ0) is 11.4. The van der Waals surface area contributed by atoms with Gasteiger partial charge in [-0.25, -0.2) is 4.68 Å². The molecule has 0 spiro atoms. The molecule has 0 fully saturated rings. The van der Waals surface area contributed by atoms with Crippen LogP contribution in [-0.4, -0.2) is 14.7 Å². The Hall–Kier alpha value is -2.43. The monoisotopic (exact) mass is 215 g/mol. The van der Waals surface area contributed by atoms with E-state index < -0.39 is 4.92 Å². The summed E-state index contributed by atoms with van der Waals surface area (Å²) in [6.07, 6.45) is 5.61. The maximum atomic E-state index is 10.1. The number of hydrogen-bond donors (Lipinski definition) is 0. The second-order valence-corrected chi connectivity index (χ2v) is 3.15. The summed E-state index contributed by atoms with van der Waals surface area (Å²) in [7, 11) is 0. The van der Waals surface area contributed by atoms with Gasteiger partial charge in [-0.05, 0) is 12.1 Å². The third-order valence-corrected chi connectivity index (χ3v) is 2.01. The van der Waals surface area contributed by atoms with E-state index in [1.165, 1.54) is 6.08 Å². The molecular weight excluding hydrogens is 206 g/mol. The molecule has 0 saturated carbocycles. The third-order valence-electron chi connectivity index (χ3n) is 2.01. The lowest BCUT2D eigenvalue weighted by molar-refractivity contribution is -0.400. The van der Waals surface area contributed by atoms with Crippen molar-refractivity contribution >= 4 is 6.08 Å². The highest BCUT2D eigenvalue weighted by molar-refractivity contribution is 5.46. The minimum atomic E-state index is -0.500. The van der Waals surface area contributed by atoms with Crippen molar-refractivity contribution < 1.29 is 4.92 Å². The van der Waals surface area contributed by atoms with Crippen molar-refractivity contribution in [3.8, 4) is 5.69 Å². The highest BCUT2D eigenvalue weighted by Gasteiger charge is 1.98. The number of rotatable bonds is 3. The molecule has 0 saturated heterocycles. The Kier molecular flexibility index (Phi) is 2.77. The first kappa shape index (κ1) is 10.1. The lowest BCUT2D eigenvalue weighted by Crippen LogP contribution is -1.92. The van der Waals surface area contributed by atoms with Gasteiger partial charge in [-0.3, -0.25) is 10.1 Å². The minimum absolute atomic E-state index is 0.500. The van der Waals surface area contributed by atoms with Gasteiger partial charge < -0.3 is 0 Å². The molecule has 0 amide bonds. The van der Waals surface area contributed by atoms with Crippen LogP contribution in [0, 0.1) is 10.1 Å². The lowest BCUT2D eigenvalue weighted by Gasteiger charge is -1.98. The molecule has 1 aromatic carbocycles. The Morgan fingerprint density at radius 2 is 2.06 bits per heavy atom. The van der Waals surface area contributed by atoms with Crippen molar-refractivity contribution in [2.24, 2.45) is 0 Å². The number of nitro groups is 1. The molecule has 0 aliphatic heterocycles. The first-order valence-corrected chi connectivity index (χ1v) is 4.67. The van der Waals surface area contributed by atoms with E-state index in [9.17, 15) is 10.1 Å². The molecule has 0 bridgehead atoms. The second-order valence-electron chi connectivity index (χ2n) is 3.15. The number of nitrogens with zero attached hydrogens (tertiary/aromatic N) is 3. The van der Waals surface area contributed by atoms with Crippen molar-refractivity contribution in [3.63, 3.8) is 0 Å². The highest BCUT2D eigenvalue weighted by Crippen LogP contribution is 2.08. The van der Waals surface area contributed by atoms with Gasteiger partial charge in [0.15, 0.2) is 0 Å². The fraction of sp³-hybridized carbons (Fsp3) is 0. The van der Waals surface area contributed by atoms with Crippen molar-refractivity contribution in [3.05, 3.63) is 64.6 Å². The van der Waals surface area contributed by atoms with Crippen LogP contribution in [0.3, 0.4) is 0 Å². The molecule has 1 heterocycles. The Bertz CT molecular complexity index is 517. The highest BCUT2D eigenvalue weighted by atomic mass is 16.6. The summed E-state index contributed by atoms with van der Waals surface area (Å²) in [4.78, 5) is 9.64. The van der Waals surface area contributed by atoms with Crippen LogP contribution in [-0.2, 0) is 0 Å². The van der Waals surface area contributed by atoms with Crippen LogP contribution in [0.2, 0.25) is 0 Å². The molecule has 0 atom stereocenters. The van der Waals surface area contributed by atoms with E-state index in [0.29, 0.717) is 5.56 Å². The van der Waals surface area contributed by atoms with E-state index >= 15 is 0 Å². The molecule has 0 aliphatic rings. The summed E-state index contributed by atoms with van der Waals surface area (Å²) in [5, 5.41) is 14.2. The zero-order valence-corrected chi connectivity index (χ0v) is 8.35. The SMILES string of the molecule is O=[N+]([O-])/C=C/c1cnn(-c2ccccc2)c1. The summed E-state index contributed by atoms with van der Waals surface area (Å²) in [6.45, 7) is 0. The van der Waals surface area contributed by atoms with Gasteiger partial charge in [-0.1, -0.05) is 18.2 Å². The molecule has 0 unspecified atom stereocenters. The van der Waals surface area contributed by atoms with E-state index in [4.69, 9.17) is 0 Å². The van der Waals surface area contributed by atoms with E-state index in [1.807, 2.05) is 30.3 Å². The average Bonchev–Trinajstić information content (AvgIpc) is 2.76. The fourth-order valence-electron chi connectivity index (χ4n) is 1.29. The van der Waals surface area contributed by atoms with E-state index in [0.717, 1.165) is 11.9 Å². The quantitative estimate of drug-likeness (QED) is 0.582. The van der Waals surface area contributed by atoms with Crippen LogP contribution >= 0.6 is 0 Å². The first-order valence-electron chi connectivity index (χ1n) is 4.67. The van der Waals surface area contributed by atoms with Crippen molar-refractivity contribution in [2.75, 3.05) is 0 Å². The lowest BCUT2D eigenvalue weighted by atomic mass is 10.3. The van der Waals surface area contributed by atoms with Crippen molar-refractivity contribution in [1.82, 2.24) is 9.78 Å². The number of benzene rings is 1. The summed E-state index contributed by atoms with van der Waals surface area (Å²) in [5.41, 5.74) is 1.61. The molecule has 2 rings (SSSR count). The van der Waals surface area contributed by atoms with Crippen LogP contribution in [0.25, 0.3) is 11.8 Å². The number of aromatic nitrogens is 2. The van der Waals surface area contributed by atoms with Crippen LogP contribution in [0.1, 0.15) is 5.56 Å². The standard InChI is InChI=1S/C11H9N3O2/c15-14(16)7-6-10-8-12-13(9-10)11-4-2-1-3-5-11/h1-9H/b7-6+. The van der Waals surface area contributed by atoms with Crippen LogP contribution in [0.5, 0.6) is 0 Å². The molecule has 0 N–H and O–H groups in total. The van der Waals surface area contributed by atoms with Gasteiger partial charge in [0.2, 0.25) is 6.20 Å². The van der Waals surface area contributed by atoms with Gasteiger partial charge in [0.1, 0.15) is 0 Å². The topological polar surface area (TPSA) is 61.0 Å². The average molecular weight is 215 g/mol. The van der Waals surface area contributed by atoms with Gasteiger partial charge in [0.25, 0.3) is 0 Å². The van der Waals surface area contributed by atoms with Crippen LogP contribution in [0.15, 0.2) is 48.9 Å². The van der Waals surface area contributed by atoms with E-state index in [2.05, 4.69) is 5.10 Å². The summed E-state index contributed by atoms with van der Waals surface area (Å²) < 4.78 is 1.67. The van der Waals surface area contributed by atoms with E-state index in [-0.39, 0.29) is 0 Å². The summed E-state index contributed by atoms with van der Waals surface area (Å²) in [6, 6.07) is 9.55.